The first-order valence-corrected chi connectivity index (χ1v) is 7.23. The van der Waals surface area contributed by atoms with Crippen LogP contribution in [-0.4, -0.2) is 5.91 Å². The SMILES string of the molecule is O=C(CCCCCc1ccccc1)Nc1ccccc1. The summed E-state index contributed by atoms with van der Waals surface area (Å²) in [6.45, 7) is 0. The first-order chi connectivity index (χ1) is 9.84. The standard InChI is InChI=1S/C18H21NO/c20-18(19-17-13-7-3-8-14-17)15-9-2-6-12-16-10-4-1-5-11-16/h1,3-5,7-8,10-11,13-14H,2,6,9,12,15H2,(H,19,20). The van der Waals surface area contributed by atoms with Gasteiger partial charge in [0.05, 0.1) is 0 Å². The number of amides is 1. The van der Waals surface area contributed by atoms with Gasteiger partial charge in [-0.1, -0.05) is 55.0 Å². The normalized spacial score (nSPS) is 10.2. The maximum absolute atomic E-state index is 11.7. The minimum Gasteiger partial charge on any atom is -0.326 e. The Bertz CT molecular complexity index is 507. The van der Waals surface area contributed by atoms with Crippen LogP contribution in [-0.2, 0) is 11.2 Å². The third-order valence-electron chi connectivity index (χ3n) is 3.27. The summed E-state index contributed by atoms with van der Waals surface area (Å²) in [6.07, 6.45) is 4.88. The number of unbranched alkanes of at least 4 members (excludes halogenated alkanes) is 2. The fourth-order valence-electron chi connectivity index (χ4n) is 2.18. The van der Waals surface area contributed by atoms with E-state index in [0.29, 0.717) is 6.42 Å². The second kappa shape index (κ2) is 8.16. The molecule has 0 aliphatic carbocycles. The lowest BCUT2D eigenvalue weighted by Gasteiger charge is -2.05. The van der Waals surface area contributed by atoms with Gasteiger partial charge in [-0.05, 0) is 37.0 Å². The molecule has 1 amide bonds. The van der Waals surface area contributed by atoms with Crippen LogP contribution in [0.2, 0.25) is 0 Å². The van der Waals surface area contributed by atoms with E-state index in [0.717, 1.165) is 31.4 Å². The van der Waals surface area contributed by atoms with Crippen molar-refractivity contribution in [1.29, 1.82) is 0 Å². The van der Waals surface area contributed by atoms with Crippen molar-refractivity contribution in [2.75, 3.05) is 5.32 Å². The van der Waals surface area contributed by atoms with Crippen LogP contribution in [0.1, 0.15) is 31.2 Å². The van der Waals surface area contributed by atoms with Gasteiger partial charge in [-0.25, -0.2) is 0 Å². The van der Waals surface area contributed by atoms with E-state index in [1.165, 1.54) is 5.56 Å². The second-order valence-corrected chi connectivity index (χ2v) is 4.96. The quantitative estimate of drug-likeness (QED) is 0.739. The van der Waals surface area contributed by atoms with Gasteiger partial charge in [-0.3, -0.25) is 4.79 Å². The van der Waals surface area contributed by atoms with Crippen LogP contribution in [0.15, 0.2) is 60.7 Å². The van der Waals surface area contributed by atoms with Crippen LogP contribution >= 0.6 is 0 Å². The maximum atomic E-state index is 11.7. The molecule has 0 saturated heterocycles. The summed E-state index contributed by atoms with van der Waals surface area (Å²) >= 11 is 0. The van der Waals surface area contributed by atoms with E-state index < -0.39 is 0 Å². The molecule has 2 aromatic carbocycles. The predicted octanol–water partition coefficient (Wildman–Crippen LogP) is 4.43. The van der Waals surface area contributed by atoms with Crippen LogP contribution in [0.4, 0.5) is 5.69 Å². The predicted molar refractivity (Wildman–Crippen MR) is 83.7 cm³/mol. The van der Waals surface area contributed by atoms with Crippen molar-refractivity contribution in [3.8, 4) is 0 Å². The monoisotopic (exact) mass is 267 g/mol. The minimum absolute atomic E-state index is 0.107. The summed E-state index contributed by atoms with van der Waals surface area (Å²) in [5, 5.41) is 2.91. The molecule has 0 radical (unpaired) electrons. The summed E-state index contributed by atoms with van der Waals surface area (Å²) in [6, 6.07) is 20.1. The molecule has 2 rings (SSSR count). The van der Waals surface area contributed by atoms with Gasteiger partial charge in [0.2, 0.25) is 5.91 Å². The topological polar surface area (TPSA) is 29.1 Å². The van der Waals surface area contributed by atoms with Crippen molar-refractivity contribution in [2.24, 2.45) is 0 Å². The lowest BCUT2D eigenvalue weighted by atomic mass is 10.1. The molecule has 2 heteroatoms. The lowest BCUT2D eigenvalue weighted by Crippen LogP contribution is -2.10. The number of carbonyl (C=O) groups excluding carboxylic acids is 1. The van der Waals surface area contributed by atoms with E-state index >= 15 is 0 Å². The zero-order chi connectivity index (χ0) is 14.0. The number of hydrogen-bond donors (Lipinski definition) is 1. The van der Waals surface area contributed by atoms with Crippen molar-refractivity contribution in [2.45, 2.75) is 32.1 Å². The van der Waals surface area contributed by atoms with E-state index in [4.69, 9.17) is 0 Å². The van der Waals surface area contributed by atoms with E-state index in [9.17, 15) is 4.79 Å². The molecule has 0 fully saturated rings. The number of aryl methyl sites for hydroxylation is 1. The highest BCUT2D eigenvalue weighted by molar-refractivity contribution is 5.90. The Morgan fingerprint density at radius 2 is 1.45 bits per heavy atom. The van der Waals surface area contributed by atoms with Gasteiger partial charge in [0.15, 0.2) is 0 Å². The van der Waals surface area contributed by atoms with Gasteiger partial charge in [0, 0.05) is 12.1 Å². The van der Waals surface area contributed by atoms with E-state index in [1.807, 2.05) is 36.4 Å². The first-order valence-electron chi connectivity index (χ1n) is 7.23. The largest absolute Gasteiger partial charge is 0.326 e. The van der Waals surface area contributed by atoms with Crippen molar-refractivity contribution in [1.82, 2.24) is 0 Å². The number of carbonyl (C=O) groups is 1. The molecule has 0 aliphatic heterocycles. The molecule has 2 nitrogen and oxygen atoms in total. The highest BCUT2D eigenvalue weighted by Crippen LogP contribution is 2.09. The van der Waals surface area contributed by atoms with Crippen LogP contribution in [0, 0.1) is 0 Å². The lowest BCUT2D eigenvalue weighted by molar-refractivity contribution is -0.116. The van der Waals surface area contributed by atoms with Crippen molar-refractivity contribution >= 4 is 11.6 Å². The highest BCUT2D eigenvalue weighted by Gasteiger charge is 2.01. The molecule has 0 aromatic heterocycles. The average Bonchev–Trinajstić information content (AvgIpc) is 2.49. The van der Waals surface area contributed by atoms with Crippen molar-refractivity contribution in [3.63, 3.8) is 0 Å². The highest BCUT2D eigenvalue weighted by atomic mass is 16.1. The Hall–Kier alpha value is -2.09. The third-order valence-corrected chi connectivity index (χ3v) is 3.27. The molecule has 1 N–H and O–H groups in total. The third kappa shape index (κ3) is 5.27. The molecule has 0 bridgehead atoms. The minimum atomic E-state index is 0.107. The molecule has 0 spiro atoms. The molecule has 0 aliphatic rings. The summed E-state index contributed by atoms with van der Waals surface area (Å²) in [5.74, 6) is 0.107. The van der Waals surface area contributed by atoms with Crippen molar-refractivity contribution in [3.05, 3.63) is 66.2 Å². The van der Waals surface area contributed by atoms with Gasteiger partial charge >= 0.3 is 0 Å². The van der Waals surface area contributed by atoms with Crippen LogP contribution in [0.5, 0.6) is 0 Å². The first kappa shape index (κ1) is 14.3. The number of nitrogens with one attached hydrogen (secondary N) is 1. The fourth-order valence-corrected chi connectivity index (χ4v) is 2.18. The zero-order valence-corrected chi connectivity index (χ0v) is 11.7. The van der Waals surface area contributed by atoms with E-state index in [2.05, 4.69) is 29.6 Å². The van der Waals surface area contributed by atoms with E-state index in [1.54, 1.807) is 0 Å². The Morgan fingerprint density at radius 1 is 0.800 bits per heavy atom. The molecule has 0 saturated carbocycles. The number of benzene rings is 2. The fraction of sp³-hybridized carbons (Fsp3) is 0.278. The molecular weight excluding hydrogens is 246 g/mol. The molecule has 2 aromatic rings. The number of hydrogen-bond acceptors (Lipinski definition) is 1. The van der Waals surface area contributed by atoms with Gasteiger partial charge in [-0.15, -0.1) is 0 Å². The summed E-state index contributed by atoms with van der Waals surface area (Å²) in [5.41, 5.74) is 2.25. The van der Waals surface area contributed by atoms with Gasteiger partial charge in [-0.2, -0.15) is 0 Å². The smallest absolute Gasteiger partial charge is 0.224 e. The summed E-state index contributed by atoms with van der Waals surface area (Å²) < 4.78 is 0. The molecule has 104 valence electrons. The Balaban J connectivity index is 1.58. The van der Waals surface area contributed by atoms with Crippen LogP contribution in [0.3, 0.4) is 0 Å². The van der Waals surface area contributed by atoms with Gasteiger partial charge in [0.1, 0.15) is 0 Å². The molecule has 0 atom stereocenters. The van der Waals surface area contributed by atoms with Gasteiger partial charge in [0.25, 0.3) is 0 Å². The summed E-state index contributed by atoms with van der Waals surface area (Å²) in [4.78, 5) is 11.7. The number of para-hydroxylation sites is 1. The number of anilines is 1. The summed E-state index contributed by atoms with van der Waals surface area (Å²) in [7, 11) is 0. The Morgan fingerprint density at radius 3 is 2.15 bits per heavy atom. The van der Waals surface area contributed by atoms with Crippen molar-refractivity contribution < 1.29 is 4.79 Å². The maximum Gasteiger partial charge on any atom is 0.224 e. The Labute approximate surface area is 120 Å². The van der Waals surface area contributed by atoms with Crippen LogP contribution < -0.4 is 5.32 Å². The zero-order valence-electron chi connectivity index (χ0n) is 11.7. The molecule has 0 unspecified atom stereocenters. The Kier molecular flexibility index (Phi) is 5.84. The molecule has 0 heterocycles. The molecule has 20 heavy (non-hydrogen) atoms. The van der Waals surface area contributed by atoms with Crippen LogP contribution in [0.25, 0.3) is 0 Å². The van der Waals surface area contributed by atoms with Gasteiger partial charge < -0.3 is 5.32 Å². The van der Waals surface area contributed by atoms with E-state index in [-0.39, 0.29) is 5.91 Å². The average molecular weight is 267 g/mol. The number of rotatable bonds is 7. The molecular formula is C18H21NO. The second-order valence-electron chi connectivity index (χ2n) is 4.96.